The second kappa shape index (κ2) is 7.25. The maximum absolute atomic E-state index is 11.6. The van der Waals surface area contributed by atoms with E-state index >= 15 is 0 Å². The lowest BCUT2D eigenvalue weighted by Crippen LogP contribution is -2.59. The summed E-state index contributed by atoms with van der Waals surface area (Å²) >= 11 is 0. The summed E-state index contributed by atoms with van der Waals surface area (Å²) in [5, 5.41) is 0. The molecule has 3 atom stereocenters. The highest BCUT2D eigenvalue weighted by atomic mass is 32.2. The number of nitrogens with two attached hydrogens (primary N) is 1. The second-order valence-electron chi connectivity index (χ2n) is 7.51. The van der Waals surface area contributed by atoms with Crippen molar-refractivity contribution in [3.05, 3.63) is 29.6 Å². The van der Waals surface area contributed by atoms with E-state index in [-0.39, 0.29) is 23.3 Å². The minimum Gasteiger partial charge on any atom is -0.373 e. The minimum atomic E-state index is -2.98. The Bertz CT molecular complexity index is 766. The van der Waals surface area contributed by atoms with Crippen molar-refractivity contribution in [3.8, 4) is 0 Å². The number of carbonyl (C=O) groups is 1. The van der Waals surface area contributed by atoms with Gasteiger partial charge in [-0.2, -0.15) is 0 Å². The molecule has 1 aliphatic heterocycles. The van der Waals surface area contributed by atoms with Crippen LogP contribution in [0.2, 0.25) is 0 Å². The number of methoxy groups -OCH3 is 1. The van der Waals surface area contributed by atoms with Gasteiger partial charge in [0.1, 0.15) is 21.1 Å². The smallest absolute Gasteiger partial charge is 0.267 e. The monoisotopic (exact) mass is 381 g/mol. The van der Waals surface area contributed by atoms with Gasteiger partial charge in [0.2, 0.25) is 0 Å². The highest BCUT2D eigenvalue weighted by Crippen LogP contribution is 2.51. The predicted molar refractivity (Wildman–Crippen MR) is 98.4 cm³/mol. The Balaban J connectivity index is 1.90. The number of aromatic nitrogens is 1. The fourth-order valence-electron chi connectivity index (χ4n) is 4.73. The average molecular weight is 381 g/mol. The van der Waals surface area contributed by atoms with Crippen molar-refractivity contribution >= 4 is 15.7 Å². The van der Waals surface area contributed by atoms with Crippen molar-refractivity contribution in [2.24, 2.45) is 17.6 Å². The van der Waals surface area contributed by atoms with Gasteiger partial charge in [0.05, 0.1) is 5.75 Å². The molecular formula is C18H27N3O4S. The Morgan fingerprint density at radius 2 is 2.04 bits per heavy atom. The van der Waals surface area contributed by atoms with Crippen LogP contribution < -0.4 is 5.73 Å². The highest BCUT2D eigenvalue weighted by molar-refractivity contribution is 7.90. The molecule has 3 rings (SSSR count). The van der Waals surface area contributed by atoms with Gasteiger partial charge in [0, 0.05) is 51.0 Å². The van der Waals surface area contributed by atoms with Crippen molar-refractivity contribution in [3.63, 3.8) is 0 Å². The van der Waals surface area contributed by atoms with E-state index in [1.807, 2.05) is 6.07 Å². The van der Waals surface area contributed by atoms with Crippen molar-refractivity contribution < 1.29 is 17.9 Å². The molecule has 2 aliphatic rings. The van der Waals surface area contributed by atoms with E-state index in [4.69, 9.17) is 10.5 Å². The van der Waals surface area contributed by atoms with Gasteiger partial charge in [-0.05, 0) is 30.5 Å². The lowest BCUT2D eigenvalue weighted by atomic mass is 9.62. The molecule has 1 aliphatic carbocycles. The maximum Gasteiger partial charge on any atom is 0.267 e. The van der Waals surface area contributed by atoms with Gasteiger partial charge >= 0.3 is 0 Å². The number of carbonyl (C=O) groups excluding carboxylic acids is 1. The molecule has 8 heteroatoms. The highest BCUT2D eigenvalue weighted by Gasteiger charge is 2.53. The third-order valence-electron chi connectivity index (χ3n) is 5.85. The number of amides is 1. The van der Waals surface area contributed by atoms with E-state index in [9.17, 15) is 13.2 Å². The number of pyridine rings is 1. The van der Waals surface area contributed by atoms with Gasteiger partial charge < -0.3 is 15.4 Å². The largest absolute Gasteiger partial charge is 0.373 e. The van der Waals surface area contributed by atoms with Crippen LogP contribution in [0.25, 0.3) is 0 Å². The molecule has 1 saturated carbocycles. The molecule has 1 aromatic rings. The van der Waals surface area contributed by atoms with Crippen LogP contribution in [0.5, 0.6) is 0 Å². The first-order valence-corrected chi connectivity index (χ1v) is 11.0. The number of nitrogens with zero attached hydrogens (tertiary/aromatic N) is 2. The van der Waals surface area contributed by atoms with Gasteiger partial charge in [-0.3, -0.25) is 9.78 Å². The molecule has 0 spiro atoms. The lowest BCUT2D eigenvalue weighted by Gasteiger charge is -2.55. The van der Waals surface area contributed by atoms with Crippen LogP contribution in [0.15, 0.2) is 18.3 Å². The van der Waals surface area contributed by atoms with Crippen LogP contribution in [0, 0.1) is 11.8 Å². The summed E-state index contributed by atoms with van der Waals surface area (Å²) in [6, 6.07) is 3.66. The Morgan fingerprint density at radius 3 is 2.58 bits per heavy atom. The normalized spacial score (nSPS) is 29.5. The number of rotatable bonds is 6. The van der Waals surface area contributed by atoms with E-state index in [2.05, 4.69) is 9.88 Å². The SMILES string of the molecule is COC1(c2ccnc(C(N)=O)c2)[C@@H]2CCC[C@H]1CN(CCS(C)(=O)=O)C2. The Hall–Kier alpha value is -1.51. The fourth-order valence-corrected chi connectivity index (χ4v) is 5.32. The second-order valence-corrected chi connectivity index (χ2v) is 9.77. The summed E-state index contributed by atoms with van der Waals surface area (Å²) in [4.78, 5) is 17.9. The van der Waals surface area contributed by atoms with Crippen LogP contribution in [0.3, 0.4) is 0 Å². The fraction of sp³-hybridized carbons (Fsp3) is 0.667. The van der Waals surface area contributed by atoms with Crippen LogP contribution >= 0.6 is 0 Å². The molecule has 2 bridgehead atoms. The van der Waals surface area contributed by atoms with Crippen molar-refractivity contribution in [1.82, 2.24) is 9.88 Å². The van der Waals surface area contributed by atoms with Gasteiger partial charge in [-0.25, -0.2) is 8.42 Å². The first-order valence-electron chi connectivity index (χ1n) is 8.98. The van der Waals surface area contributed by atoms with E-state index in [1.165, 1.54) is 6.26 Å². The molecule has 7 nitrogen and oxygen atoms in total. The number of hydrogen-bond donors (Lipinski definition) is 1. The Morgan fingerprint density at radius 1 is 1.38 bits per heavy atom. The molecule has 0 aromatic carbocycles. The summed E-state index contributed by atoms with van der Waals surface area (Å²) < 4.78 is 29.2. The zero-order valence-electron chi connectivity index (χ0n) is 15.3. The summed E-state index contributed by atoms with van der Waals surface area (Å²) in [6.07, 6.45) is 6.04. The number of hydrogen-bond acceptors (Lipinski definition) is 6. The van der Waals surface area contributed by atoms with E-state index in [0.717, 1.165) is 37.9 Å². The molecule has 26 heavy (non-hydrogen) atoms. The van der Waals surface area contributed by atoms with Gasteiger partial charge in [-0.15, -0.1) is 0 Å². The summed E-state index contributed by atoms with van der Waals surface area (Å²) in [7, 11) is -1.26. The quantitative estimate of drug-likeness (QED) is 0.782. The van der Waals surface area contributed by atoms with Gasteiger partial charge in [-0.1, -0.05) is 6.42 Å². The van der Waals surface area contributed by atoms with Crippen molar-refractivity contribution in [1.29, 1.82) is 0 Å². The van der Waals surface area contributed by atoms with Crippen LogP contribution in [0.1, 0.15) is 35.3 Å². The van der Waals surface area contributed by atoms with Gasteiger partial charge in [0.15, 0.2) is 0 Å². The first kappa shape index (κ1) is 19.3. The number of primary amides is 1. The lowest BCUT2D eigenvalue weighted by molar-refractivity contribution is -0.168. The van der Waals surface area contributed by atoms with E-state index in [1.54, 1.807) is 19.4 Å². The molecular weight excluding hydrogens is 354 g/mol. The molecule has 144 valence electrons. The zero-order valence-corrected chi connectivity index (χ0v) is 16.2. The molecule has 1 aromatic heterocycles. The summed E-state index contributed by atoms with van der Waals surface area (Å²) in [6.45, 7) is 2.12. The number of piperidine rings is 1. The van der Waals surface area contributed by atoms with Crippen LogP contribution in [-0.4, -0.2) is 63.0 Å². The average Bonchev–Trinajstić information content (AvgIpc) is 2.58. The number of fused-ring (bicyclic) bond motifs is 2. The molecule has 2 N–H and O–H groups in total. The number of likely N-dealkylation sites (tertiary alicyclic amines) is 1. The molecule has 1 unspecified atom stereocenters. The Labute approximate surface area is 154 Å². The van der Waals surface area contributed by atoms with Gasteiger partial charge in [0.25, 0.3) is 5.91 Å². The van der Waals surface area contributed by atoms with Crippen molar-refractivity contribution in [2.45, 2.75) is 24.9 Å². The maximum atomic E-state index is 11.6. The predicted octanol–water partition coefficient (Wildman–Crippen LogP) is 0.799. The first-order chi connectivity index (χ1) is 12.3. The standard InChI is InChI=1S/C18H27N3O4S/c1-25-18(13-6-7-20-16(10-13)17(19)22)14-4-3-5-15(18)12-21(11-14)8-9-26(2,23)24/h6-7,10,14-15H,3-5,8-9,11-12H2,1-2H3,(H2,19,22)/t14-,15+,18?. The molecule has 0 radical (unpaired) electrons. The van der Waals surface area contributed by atoms with Crippen molar-refractivity contribution in [2.75, 3.05) is 38.8 Å². The summed E-state index contributed by atoms with van der Waals surface area (Å²) in [5.74, 6) is 0.104. The molecule has 2 fully saturated rings. The van der Waals surface area contributed by atoms with Crippen LogP contribution in [0.4, 0.5) is 0 Å². The Kier molecular flexibility index (Phi) is 5.37. The summed E-state index contributed by atoms with van der Waals surface area (Å²) in [5.41, 5.74) is 6.12. The molecule has 1 amide bonds. The third kappa shape index (κ3) is 3.63. The van der Waals surface area contributed by atoms with E-state index < -0.39 is 21.3 Å². The van der Waals surface area contributed by atoms with E-state index in [0.29, 0.717) is 6.54 Å². The molecule has 2 heterocycles. The van der Waals surface area contributed by atoms with Crippen LogP contribution in [-0.2, 0) is 20.2 Å². The molecule has 1 saturated heterocycles. The third-order valence-corrected chi connectivity index (χ3v) is 6.78. The topological polar surface area (TPSA) is 103 Å². The number of sulfone groups is 1. The number of ether oxygens (including phenoxy) is 1. The zero-order chi connectivity index (χ0) is 18.9. The minimum absolute atomic E-state index is 0.174.